The molecule has 3 N–H and O–H groups in total. The molecule has 0 aliphatic carbocycles. The zero-order chi connectivity index (χ0) is 14.7. The fraction of sp³-hybridized carbons (Fsp3) is 0.250. The Morgan fingerprint density at radius 3 is 2.30 bits per heavy atom. The first-order chi connectivity index (χ1) is 9.52. The van der Waals surface area contributed by atoms with Crippen LogP contribution >= 0.6 is 11.6 Å². The zero-order valence-corrected chi connectivity index (χ0v) is 11.9. The highest BCUT2D eigenvalue weighted by Gasteiger charge is 2.22. The van der Waals surface area contributed by atoms with Crippen molar-refractivity contribution in [2.75, 3.05) is 6.54 Å². The van der Waals surface area contributed by atoms with Gasteiger partial charge < -0.3 is 10.8 Å². The molecule has 0 radical (unpaired) electrons. The summed E-state index contributed by atoms with van der Waals surface area (Å²) in [5, 5.41) is 11.1. The van der Waals surface area contributed by atoms with E-state index in [4.69, 9.17) is 17.3 Å². The van der Waals surface area contributed by atoms with E-state index in [-0.39, 0.29) is 18.3 Å². The summed E-state index contributed by atoms with van der Waals surface area (Å²) in [6, 6.07) is 11.5. The van der Waals surface area contributed by atoms with Crippen LogP contribution in [0.5, 0.6) is 0 Å². The average molecular weight is 294 g/mol. The van der Waals surface area contributed by atoms with Crippen LogP contribution in [0.2, 0.25) is 5.02 Å². The molecule has 0 bridgehead atoms. The molecule has 106 valence electrons. The van der Waals surface area contributed by atoms with Gasteiger partial charge in [0.25, 0.3) is 0 Å². The second kappa shape index (κ2) is 6.35. The number of benzene rings is 2. The van der Waals surface area contributed by atoms with E-state index in [1.165, 1.54) is 12.1 Å². The standard InChI is InChI=1S/C16H17ClFNO/c1-10-2-3-12(8-15(10)17)16(20)14(9-19)11-4-6-13(18)7-5-11/h2-8,14,16,20H,9,19H2,1H3. The lowest BCUT2D eigenvalue weighted by atomic mass is 9.89. The van der Waals surface area contributed by atoms with Crippen LogP contribution in [0.15, 0.2) is 42.5 Å². The second-order valence-corrected chi connectivity index (χ2v) is 5.25. The molecular weight excluding hydrogens is 277 g/mol. The molecule has 2 nitrogen and oxygen atoms in total. The van der Waals surface area contributed by atoms with Gasteiger partial charge in [0, 0.05) is 17.5 Å². The molecule has 0 saturated heterocycles. The summed E-state index contributed by atoms with van der Waals surface area (Å²) in [5.41, 5.74) is 8.23. The highest BCUT2D eigenvalue weighted by molar-refractivity contribution is 6.31. The maximum absolute atomic E-state index is 13.0. The first-order valence-electron chi connectivity index (χ1n) is 6.42. The van der Waals surface area contributed by atoms with Gasteiger partial charge in [-0.3, -0.25) is 0 Å². The number of halogens is 2. The summed E-state index contributed by atoms with van der Waals surface area (Å²) in [4.78, 5) is 0. The first-order valence-corrected chi connectivity index (χ1v) is 6.80. The van der Waals surface area contributed by atoms with Crippen LogP contribution < -0.4 is 5.73 Å². The summed E-state index contributed by atoms with van der Waals surface area (Å²) >= 11 is 6.08. The Morgan fingerprint density at radius 2 is 1.75 bits per heavy atom. The molecule has 20 heavy (non-hydrogen) atoms. The van der Waals surface area contributed by atoms with E-state index in [2.05, 4.69) is 0 Å². The molecule has 2 aromatic rings. The van der Waals surface area contributed by atoms with E-state index in [9.17, 15) is 9.50 Å². The van der Waals surface area contributed by atoms with Gasteiger partial charge in [-0.05, 0) is 41.8 Å². The van der Waals surface area contributed by atoms with Crippen molar-refractivity contribution in [3.63, 3.8) is 0 Å². The fourth-order valence-corrected chi connectivity index (χ4v) is 2.37. The molecule has 2 unspecified atom stereocenters. The van der Waals surface area contributed by atoms with Crippen molar-refractivity contribution in [2.24, 2.45) is 5.73 Å². The van der Waals surface area contributed by atoms with Crippen LogP contribution in [0.1, 0.15) is 28.7 Å². The van der Waals surface area contributed by atoms with E-state index in [0.29, 0.717) is 10.6 Å². The summed E-state index contributed by atoms with van der Waals surface area (Å²) in [6.45, 7) is 2.16. The minimum absolute atomic E-state index is 0.262. The Morgan fingerprint density at radius 1 is 1.15 bits per heavy atom. The highest BCUT2D eigenvalue weighted by atomic mass is 35.5. The Kier molecular flexibility index (Phi) is 4.76. The number of aliphatic hydroxyl groups is 1. The van der Waals surface area contributed by atoms with Gasteiger partial charge in [-0.15, -0.1) is 0 Å². The third-order valence-corrected chi connectivity index (χ3v) is 3.88. The van der Waals surface area contributed by atoms with Crippen LogP contribution in [0.25, 0.3) is 0 Å². The minimum Gasteiger partial charge on any atom is -0.388 e. The number of hydrogen-bond donors (Lipinski definition) is 2. The molecule has 0 aliphatic heterocycles. The lowest BCUT2D eigenvalue weighted by Crippen LogP contribution is -2.20. The molecule has 0 heterocycles. The second-order valence-electron chi connectivity index (χ2n) is 4.85. The van der Waals surface area contributed by atoms with Gasteiger partial charge in [-0.25, -0.2) is 4.39 Å². The van der Waals surface area contributed by atoms with Gasteiger partial charge in [-0.1, -0.05) is 35.9 Å². The van der Waals surface area contributed by atoms with Gasteiger partial charge in [-0.2, -0.15) is 0 Å². The van der Waals surface area contributed by atoms with E-state index >= 15 is 0 Å². The number of hydrogen-bond acceptors (Lipinski definition) is 2. The maximum atomic E-state index is 13.0. The van der Waals surface area contributed by atoms with Crippen molar-refractivity contribution in [1.82, 2.24) is 0 Å². The maximum Gasteiger partial charge on any atom is 0.123 e. The summed E-state index contributed by atoms with van der Waals surface area (Å²) in [7, 11) is 0. The van der Waals surface area contributed by atoms with Gasteiger partial charge in [0.15, 0.2) is 0 Å². The van der Waals surface area contributed by atoms with Crippen molar-refractivity contribution in [1.29, 1.82) is 0 Å². The molecule has 0 aromatic heterocycles. The minimum atomic E-state index is -0.774. The normalized spacial score (nSPS) is 14.1. The Bertz CT molecular complexity index is 586. The SMILES string of the molecule is Cc1ccc(C(O)C(CN)c2ccc(F)cc2)cc1Cl. The predicted molar refractivity (Wildman–Crippen MR) is 79.3 cm³/mol. The van der Waals surface area contributed by atoms with E-state index in [1.807, 2.05) is 19.1 Å². The number of aryl methyl sites for hydroxylation is 1. The Hall–Kier alpha value is -1.42. The molecule has 2 atom stereocenters. The highest BCUT2D eigenvalue weighted by Crippen LogP contribution is 2.32. The first kappa shape index (κ1) is 15.0. The molecule has 2 aromatic carbocycles. The van der Waals surface area contributed by atoms with Crippen molar-refractivity contribution >= 4 is 11.6 Å². The van der Waals surface area contributed by atoms with Gasteiger partial charge in [0.1, 0.15) is 5.82 Å². The summed E-state index contributed by atoms with van der Waals surface area (Å²) in [6.07, 6.45) is -0.774. The van der Waals surface area contributed by atoms with Crippen LogP contribution in [-0.4, -0.2) is 11.7 Å². The molecule has 0 spiro atoms. The topological polar surface area (TPSA) is 46.2 Å². The monoisotopic (exact) mass is 293 g/mol. The molecule has 4 heteroatoms. The van der Waals surface area contributed by atoms with Gasteiger partial charge in [0.05, 0.1) is 6.10 Å². The van der Waals surface area contributed by atoms with Crippen LogP contribution in [-0.2, 0) is 0 Å². The van der Waals surface area contributed by atoms with Gasteiger partial charge >= 0.3 is 0 Å². The third-order valence-electron chi connectivity index (χ3n) is 3.47. The van der Waals surface area contributed by atoms with Gasteiger partial charge in [0.2, 0.25) is 0 Å². The predicted octanol–water partition coefficient (Wildman–Crippen LogP) is 3.56. The molecule has 0 fully saturated rings. The quantitative estimate of drug-likeness (QED) is 0.905. The number of nitrogens with two attached hydrogens (primary N) is 1. The van der Waals surface area contributed by atoms with Crippen LogP contribution in [0.3, 0.4) is 0 Å². The van der Waals surface area contributed by atoms with Crippen molar-refractivity contribution < 1.29 is 9.50 Å². The molecular formula is C16H17ClFNO. The average Bonchev–Trinajstić information content (AvgIpc) is 2.44. The molecule has 0 amide bonds. The van der Waals surface area contributed by atoms with Crippen molar-refractivity contribution in [3.05, 3.63) is 70.0 Å². The summed E-state index contributed by atoms with van der Waals surface area (Å²) < 4.78 is 13.0. The lowest BCUT2D eigenvalue weighted by Gasteiger charge is -2.22. The largest absolute Gasteiger partial charge is 0.388 e. The zero-order valence-electron chi connectivity index (χ0n) is 11.2. The lowest BCUT2D eigenvalue weighted by molar-refractivity contribution is 0.147. The van der Waals surface area contributed by atoms with Crippen LogP contribution in [0.4, 0.5) is 4.39 Å². The van der Waals surface area contributed by atoms with Crippen molar-refractivity contribution in [3.8, 4) is 0 Å². The Labute approximate surface area is 123 Å². The molecule has 0 saturated carbocycles. The number of rotatable bonds is 4. The molecule has 2 rings (SSSR count). The van der Waals surface area contributed by atoms with Crippen LogP contribution in [0, 0.1) is 12.7 Å². The third kappa shape index (κ3) is 3.18. The molecule has 0 aliphatic rings. The number of aliphatic hydroxyl groups excluding tert-OH is 1. The van der Waals surface area contributed by atoms with Crippen molar-refractivity contribution in [2.45, 2.75) is 18.9 Å². The fourth-order valence-electron chi connectivity index (χ4n) is 2.18. The Balaban J connectivity index is 2.30. The smallest absolute Gasteiger partial charge is 0.123 e. The summed E-state index contributed by atoms with van der Waals surface area (Å²) in [5.74, 6) is -0.605. The van der Waals surface area contributed by atoms with E-state index in [1.54, 1.807) is 18.2 Å². The van der Waals surface area contributed by atoms with E-state index in [0.717, 1.165) is 11.1 Å². The van der Waals surface area contributed by atoms with E-state index < -0.39 is 6.10 Å².